The highest BCUT2D eigenvalue weighted by Crippen LogP contribution is 2.24. The molecule has 2 rings (SSSR count). The summed E-state index contributed by atoms with van der Waals surface area (Å²) in [7, 11) is 0. The zero-order valence-electron chi connectivity index (χ0n) is 13.2. The molecular weight excluding hydrogens is 262 g/mol. The van der Waals surface area contributed by atoms with E-state index in [1.807, 2.05) is 4.90 Å². The van der Waals surface area contributed by atoms with Crippen LogP contribution in [0.25, 0.3) is 0 Å². The molecular formula is C18H27NO2. The summed E-state index contributed by atoms with van der Waals surface area (Å²) in [5.74, 6) is 0.537. The van der Waals surface area contributed by atoms with Crippen molar-refractivity contribution in [1.29, 1.82) is 0 Å². The number of likely N-dealkylation sites (tertiary alicyclic amines) is 1. The largest absolute Gasteiger partial charge is 0.394 e. The standard InChI is InChI=1S/C18H27NO2/c1-3-4-5-15-6-8-16(9-7-15)12-18(21)19-11-10-14(2)17(19)13-20/h6-9,14,17,20H,3-5,10-13H2,1-2H3. The molecule has 2 unspecified atom stereocenters. The van der Waals surface area contributed by atoms with Gasteiger partial charge in [0.1, 0.15) is 0 Å². The van der Waals surface area contributed by atoms with Crippen LogP contribution in [-0.2, 0) is 17.6 Å². The molecule has 0 aliphatic carbocycles. The maximum atomic E-state index is 12.4. The molecule has 21 heavy (non-hydrogen) atoms. The first-order valence-corrected chi connectivity index (χ1v) is 8.13. The van der Waals surface area contributed by atoms with Crippen molar-refractivity contribution in [3.8, 4) is 0 Å². The summed E-state index contributed by atoms with van der Waals surface area (Å²) < 4.78 is 0. The molecule has 0 radical (unpaired) electrons. The quantitative estimate of drug-likeness (QED) is 0.875. The lowest BCUT2D eigenvalue weighted by Gasteiger charge is -2.25. The van der Waals surface area contributed by atoms with Crippen molar-refractivity contribution in [2.75, 3.05) is 13.2 Å². The molecule has 1 heterocycles. The summed E-state index contributed by atoms with van der Waals surface area (Å²) in [6, 6.07) is 8.40. The Bertz CT molecular complexity index is 455. The SMILES string of the molecule is CCCCc1ccc(CC(=O)N2CCC(C)C2CO)cc1. The van der Waals surface area contributed by atoms with Gasteiger partial charge in [0.25, 0.3) is 0 Å². The molecule has 0 aromatic heterocycles. The second kappa shape index (κ2) is 7.60. The lowest BCUT2D eigenvalue weighted by Crippen LogP contribution is -2.40. The van der Waals surface area contributed by atoms with E-state index in [0.717, 1.165) is 24.9 Å². The fourth-order valence-electron chi connectivity index (χ4n) is 3.08. The van der Waals surface area contributed by atoms with E-state index in [1.165, 1.54) is 18.4 Å². The van der Waals surface area contributed by atoms with Gasteiger partial charge < -0.3 is 10.0 Å². The smallest absolute Gasteiger partial charge is 0.227 e. The third kappa shape index (κ3) is 4.07. The highest BCUT2D eigenvalue weighted by molar-refractivity contribution is 5.79. The summed E-state index contributed by atoms with van der Waals surface area (Å²) in [4.78, 5) is 14.3. The minimum Gasteiger partial charge on any atom is -0.394 e. The van der Waals surface area contributed by atoms with Gasteiger partial charge in [-0.3, -0.25) is 4.79 Å². The third-order valence-electron chi connectivity index (χ3n) is 4.59. The summed E-state index contributed by atoms with van der Waals surface area (Å²) >= 11 is 0. The predicted octanol–water partition coefficient (Wildman–Crippen LogP) is 2.80. The van der Waals surface area contributed by atoms with E-state index in [-0.39, 0.29) is 18.6 Å². The highest BCUT2D eigenvalue weighted by Gasteiger charge is 2.33. The Kier molecular flexibility index (Phi) is 5.80. The zero-order valence-corrected chi connectivity index (χ0v) is 13.2. The Balaban J connectivity index is 1.93. The third-order valence-corrected chi connectivity index (χ3v) is 4.59. The molecule has 1 aromatic rings. The van der Waals surface area contributed by atoms with Gasteiger partial charge in [-0.15, -0.1) is 0 Å². The van der Waals surface area contributed by atoms with Crippen LogP contribution in [0.2, 0.25) is 0 Å². The normalized spacial score (nSPS) is 21.8. The average molecular weight is 289 g/mol. The van der Waals surface area contributed by atoms with Crippen molar-refractivity contribution in [2.24, 2.45) is 5.92 Å². The Hall–Kier alpha value is -1.35. The number of rotatable bonds is 6. The van der Waals surface area contributed by atoms with E-state index in [9.17, 15) is 9.90 Å². The first-order valence-electron chi connectivity index (χ1n) is 8.13. The Labute approximate surface area is 128 Å². The van der Waals surface area contributed by atoms with E-state index in [1.54, 1.807) is 0 Å². The van der Waals surface area contributed by atoms with Crippen LogP contribution in [0.1, 0.15) is 44.2 Å². The molecule has 2 atom stereocenters. The first kappa shape index (κ1) is 16.0. The molecule has 116 valence electrons. The molecule has 0 spiro atoms. The van der Waals surface area contributed by atoms with Crippen LogP contribution in [0.5, 0.6) is 0 Å². The number of aliphatic hydroxyl groups is 1. The molecule has 1 N–H and O–H groups in total. The van der Waals surface area contributed by atoms with Crippen LogP contribution in [0, 0.1) is 5.92 Å². The molecule has 3 heteroatoms. The van der Waals surface area contributed by atoms with E-state index >= 15 is 0 Å². The molecule has 0 bridgehead atoms. The molecule has 1 amide bonds. The fourth-order valence-corrected chi connectivity index (χ4v) is 3.08. The molecule has 0 saturated carbocycles. The minimum absolute atomic E-state index is 0.00123. The predicted molar refractivity (Wildman–Crippen MR) is 85.1 cm³/mol. The van der Waals surface area contributed by atoms with Gasteiger partial charge in [-0.05, 0) is 36.3 Å². The van der Waals surface area contributed by atoms with Gasteiger partial charge in [-0.1, -0.05) is 44.5 Å². The lowest BCUT2D eigenvalue weighted by atomic mass is 10.0. The second-order valence-electron chi connectivity index (χ2n) is 6.20. The van der Waals surface area contributed by atoms with Crippen LogP contribution in [0.15, 0.2) is 24.3 Å². The average Bonchev–Trinajstić information content (AvgIpc) is 2.87. The number of aryl methyl sites for hydroxylation is 1. The van der Waals surface area contributed by atoms with Crippen molar-refractivity contribution >= 4 is 5.91 Å². The van der Waals surface area contributed by atoms with Crippen LogP contribution in [0.3, 0.4) is 0 Å². The molecule has 1 aromatic carbocycles. The lowest BCUT2D eigenvalue weighted by molar-refractivity contribution is -0.132. The van der Waals surface area contributed by atoms with E-state index < -0.39 is 0 Å². The van der Waals surface area contributed by atoms with Crippen molar-refractivity contribution in [3.63, 3.8) is 0 Å². The van der Waals surface area contributed by atoms with Crippen LogP contribution in [-0.4, -0.2) is 35.1 Å². The maximum absolute atomic E-state index is 12.4. The van der Waals surface area contributed by atoms with Crippen molar-refractivity contribution in [1.82, 2.24) is 4.90 Å². The minimum atomic E-state index is 0.00123. The number of hydrogen-bond acceptors (Lipinski definition) is 2. The molecule has 1 fully saturated rings. The Morgan fingerprint density at radius 3 is 2.57 bits per heavy atom. The van der Waals surface area contributed by atoms with Crippen molar-refractivity contribution in [2.45, 2.75) is 52.0 Å². The molecule has 3 nitrogen and oxygen atoms in total. The van der Waals surface area contributed by atoms with Gasteiger partial charge in [-0.25, -0.2) is 0 Å². The number of aliphatic hydroxyl groups excluding tert-OH is 1. The highest BCUT2D eigenvalue weighted by atomic mass is 16.3. The van der Waals surface area contributed by atoms with Gasteiger partial charge >= 0.3 is 0 Å². The summed E-state index contributed by atoms with van der Waals surface area (Å²) in [5, 5.41) is 9.45. The van der Waals surface area contributed by atoms with Gasteiger partial charge in [0.15, 0.2) is 0 Å². The van der Waals surface area contributed by atoms with Gasteiger partial charge in [0, 0.05) is 6.54 Å². The number of amides is 1. The van der Waals surface area contributed by atoms with Crippen LogP contribution in [0.4, 0.5) is 0 Å². The Morgan fingerprint density at radius 1 is 1.29 bits per heavy atom. The maximum Gasteiger partial charge on any atom is 0.227 e. The van der Waals surface area contributed by atoms with Crippen LogP contribution < -0.4 is 0 Å². The second-order valence-corrected chi connectivity index (χ2v) is 6.20. The van der Waals surface area contributed by atoms with Gasteiger partial charge in [0.05, 0.1) is 19.1 Å². The van der Waals surface area contributed by atoms with Gasteiger partial charge in [0.2, 0.25) is 5.91 Å². The van der Waals surface area contributed by atoms with Gasteiger partial charge in [-0.2, -0.15) is 0 Å². The number of nitrogens with zero attached hydrogens (tertiary/aromatic N) is 1. The van der Waals surface area contributed by atoms with Crippen molar-refractivity contribution < 1.29 is 9.90 Å². The monoisotopic (exact) mass is 289 g/mol. The van der Waals surface area contributed by atoms with Crippen LogP contribution >= 0.6 is 0 Å². The van der Waals surface area contributed by atoms with E-state index in [2.05, 4.69) is 38.1 Å². The first-order chi connectivity index (χ1) is 10.2. The molecule has 1 aliphatic rings. The zero-order chi connectivity index (χ0) is 15.2. The molecule has 1 saturated heterocycles. The molecule has 1 aliphatic heterocycles. The topological polar surface area (TPSA) is 40.5 Å². The van der Waals surface area contributed by atoms with E-state index in [4.69, 9.17) is 0 Å². The summed E-state index contributed by atoms with van der Waals surface area (Å²) in [6.07, 6.45) is 4.96. The number of carbonyl (C=O) groups excluding carboxylic acids is 1. The fraction of sp³-hybridized carbons (Fsp3) is 0.611. The Morgan fingerprint density at radius 2 is 1.95 bits per heavy atom. The van der Waals surface area contributed by atoms with Crippen molar-refractivity contribution in [3.05, 3.63) is 35.4 Å². The van der Waals surface area contributed by atoms with E-state index in [0.29, 0.717) is 12.3 Å². The summed E-state index contributed by atoms with van der Waals surface area (Å²) in [5.41, 5.74) is 2.41. The number of carbonyl (C=O) groups is 1. The number of benzene rings is 1. The number of hydrogen-bond donors (Lipinski definition) is 1. The summed E-state index contributed by atoms with van der Waals surface area (Å²) in [6.45, 7) is 5.15. The number of unbranched alkanes of at least 4 members (excludes halogenated alkanes) is 1.